The van der Waals surface area contributed by atoms with Crippen LogP contribution in [0.25, 0.3) is 0 Å². The molecule has 0 saturated carbocycles. The van der Waals surface area contributed by atoms with Gasteiger partial charge in [0.15, 0.2) is 0 Å². The van der Waals surface area contributed by atoms with Crippen molar-refractivity contribution >= 4 is 17.6 Å². The van der Waals surface area contributed by atoms with Crippen LogP contribution in [-0.4, -0.2) is 28.1 Å². The molecule has 18 heavy (non-hydrogen) atoms. The molecule has 0 aliphatic carbocycles. The Kier molecular flexibility index (Phi) is 4.88. The topological polar surface area (TPSA) is 86.9 Å². The summed E-state index contributed by atoms with van der Waals surface area (Å²) in [4.78, 5) is 23.2. The summed E-state index contributed by atoms with van der Waals surface area (Å²) in [7, 11) is 0. The number of rotatable bonds is 5. The van der Waals surface area contributed by atoms with Crippen LogP contribution >= 0.6 is 0 Å². The largest absolute Gasteiger partial charge is 0.344 e. The van der Waals surface area contributed by atoms with Crippen molar-refractivity contribution in [2.75, 3.05) is 5.32 Å². The fourth-order valence-corrected chi connectivity index (χ4v) is 1.64. The van der Waals surface area contributed by atoms with Crippen LogP contribution in [0.4, 0.5) is 5.82 Å². The molecule has 0 aromatic carbocycles. The fourth-order valence-electron chi connectivity index (χ4n) is 1.64. The zero-order valence-corrected chi connectivity index (χ0v) is 11.2. The molecule has 1 heterocycles. The van der Waals surface area contributed by atoms with E-state index in [1.807, 2.05) is 20.8 Å². The van der Waals surface area contributed by atoms with Crippen molar-refractivity contribution in [3.05, 3.63) is 11.8 Å². The predicted octanol–water partition coefficient (Wildman–Crippen LogP) is 1.07. The number of aromatic amines is 1. The van der Waals surface area contributed by atoms with Gasteiger partial charge in [-0.3, -0.25) is 14.7 Å². The third-order valence-electron chi connectivity index (χ3n) is 2.65. The number of H-pyrrole nitrogens is 1. The Morgan fingerprint density at radius 1 is 1.44 bits per heavy atom. The maximum Gasteiger partial charge on any atom is 0.248 e. The molecule has 1 rings (SSSR count). The van der Waals surface area contributed by atoms with Crippen molar-refractivity contribution in [3.8, 4) is 0 Å². The normalized spacial score (nSPS) is 12.3. The van der Waals surface area contributed by atoms with Crippen LogP contribution in [0.5, 0.6) is 0 Å². The van der Waals surface area contributed by atoms with Crippen molar-refractivity contribution in [3.63, 3.8) is 0 Å². The number of hydrogen-bond donors (Lipinski definition) is 3. The molecule has 6 heteroatoms. The number of hydrogen-bond acceptors (Lipinski definition) is 3. The molecule has 0 fully saturated rings. The molecule has 6 nitrogen and oxygen atoms in total. The van der Waals surface area contributed by atoms with Crippen LogP contribution in [0.2, 0.25) is 0 Å². The third kappa shape index (κ3) is 3.58. The number of aryl methyl sites for hydroxylation is 1. The lowest BCUT2D eigenvalue weighted by Gasteiger charge is -2.20. The summed E-state index contributed by atoms with van der Waals surface area (Å²) >= 11 is 0. The zero-order chi connectivity index (χ0) is 13.7. The summed E-state index contributed by atoms with van der Waals surface area (Å²) < 4.78 is 0. The smallest absolute Gasteiger partial charge is 0.248 e. The Balaban J connectivity index is 2.75. The first-order chi connectivity index (χ1) is 8.45. The minimum Gasteiger partial charge on any atom is -0.344 e. The highest BCUT2D eigenvalue weighted by Crippen LogP contribution is 2.13. The standard InChI is InChI=1S/C12H20N4O2/c1-5-9-6-13-16-11(9)15-12(18)10(7(2)3)14-8(4)17/h6-7,10H,5H2,1-4H3,(H,14,17)(H2,13,15,16,18). The van der Waals surface area contributed by atoms with Gasteiger partial charge in [-0.15, -0.1) is 0 Å². The van der Waals surface area contributed by atoms with Gasteiger partial charge >= 0.3 is 0 Å². The number of aromatic nitrogens is 2. The second kappa shape index (κ2) is 6.18. The predicted molar refractivity (Wildman–Crippen MR) is 69.0 cm³/mol. The molecule has 0 bridgehead atoms. The number of amides is 2. The van der Waals surface area contributed by atoms with E-state index >= 15 is 0 Å². The average molecular weight is 252 g/mol. The Morgan fingerprint density at radius 3 is 2.61 bits per heavy atom. The zero-order valence-electron chi connectivity index (χ0n) is 11.2. The summed E-state index contributed by atoms with van der Waals surface area (Å²) in [6, 6.07) is -0.546. The van der Waals surface area contributed by atoms with E-state index in [2.05, 4.69) is 20.8 Å². The van der Waals surface area contributed by atoms with Crippen molar-refractivity contribution in [2.45, 2.75) is 40.2 Å². The molecule has 0 aliphatic rings. The summed E-state index contributed by atoms with van der Waals surface area (Å²) in [5.41, 5.74) is 0.939. The molecule has 0 spiro atoms. The highest BCUT2D eigenvalue weighted by molar-refractivity contribution is 5.96. The van der Waals surface area contributed by atoms with E-state index in [1.54, 1.807) is 6.20 Å². The molecule has 0 radical (unpaired) electrons. The molecule has 1 aromatic heterocycles. The van der Waals surface area contributed by atoms with Gasteiger partial charge in [0, 0.05) is 12.5 Å². The van der Waals surface area contributed by atoms with Gasteiger partial charge in [0.05, 0.1) is 6.20 Å². The fraction of sp³-hybridized carbons (Fsp3) is 0.583. The van der Waals surface area contributed by atoms with Crippen LogP contribution in [0.1, 0.15) is 33.3 Å². The van der Waals surface area contributed by atoms with Gasteiger partial charge in [0.1, 0.15) is 11.9 Å². The number of anilines is 1. The van der Waals surface area contributed by atoms with Crippen LogP contribution in [0.15, 0.2) is 6.20 Å². The highest BCUT2D eigenvalue weighted by Gasteiger charge is 2.23. The van der Waals surface area contributed by atoms with Gasteiger partial charge in [-0.2, -0.15) is 5.10 Å². The minimum absolute atomic E-state index is 0.0156. The Morgan fingerprint density at radius 2 is 2.11 bits per heavy atom. The molecule has 0 saturated heterocycles. The Hall–Kier alpha value is -1.85. The first kappa shape index (κ1) is 14.2. The van der Waals surface area contributed by atoms with Gasteiger partial charge < -0.3 is 10.6 Å². The average Bonchev–Trinajstić information content (AvgIpc) is 2.72. The second-order valence-corrected chi connectivity index (χ2v) is 4.54. The van der Waals surface area contributed by atoms with Gasteiger partial charge in [-0.25, -0.2) is 0 Å². The maximum absolute atomic E-state index is 12.1. The number of carbonyl (C=O) groups is 2. The Bertz CT molecular complexity index is 425. The first-order valence-corrected chi connectivity index (χ1v) is 6.05. The van der Waals surface area contributed by atoms with Crippen LogP contribution in [-0.2, 0) is 16.0 Å². The van der Waals surface area contributed by atoms with E-state index in [1.165, 1.54) is 6.92 Å². The molecule has 2 amide bonds. The molecular weight excluding hydrogens is 232 g/mol. The summed E-state index contributed by atoms with van der Waals surface area (Å²) in [5, 5.41) is 12.0. The van der Waals surface area contributed by atoms with E-state index in [-0.39, 0.29) is 17.7 Å². The third-order valence-corrected chi connectivity index (χ3v) is 2.65. The lowest BCUT2D eigenvalue weighted by Crippen LogP contribution is -2.46. The molecule has 1 unspecified atom stereocenters. The molecule has 3 N–H and O–H groups in total. The quantitative estimate of drug-likeness (QED) is 0.732. The van der Waals surface area contributed by atoms with Gasteiger partial charge in [0.25, 0.3) is 0 Å². The lowest BCUT2D eigenvalue weighted by molar-refractivity contribution is -0.126. The molecule has 0 aliphatic heterocycles. The van der Waals surface area contributed by atoms with E-state index in [0.29, 0.717) is 5.82 Å². The summed E-state index contributed by atoms with van der Waals surface area (Å²) in [6.45, 7) is 7.15. The van der Waals surface area contributed by atoms with Crippen LogP contribution in [0, 0.1) is 5.92 Å². The van der Waals surface area contributed by atoms with Crippen LogP contribution in [0.3, 0.4) is 0 Å². The van der Waals surface area contributed by atoms with E-state index in [0.717, 1.165) is 12.0 Å². The second-order valence-electron chi connectivity index (χ2n) is 4.54. The van der Waals surface area contributed by atoms with Gasteiger partial charge in [0.2, 0.25) is 11.8 Å². The summed E-state index contributed by atoms with van der Waals surface area (Å²) in [5.74, 6) is 0.156. The van der Waals surface area contributed by atoms with E-state index in [4.69, 9.17) is 0 Å². The van der Waals surface area contributed by atoms with Crippen molar-refractivity contribution in [1.82, 2.24) is 15.5 Å². The number of nitrogens with zero attached hydrogens (tertiary/aromatic N) is 1. The number of nitrogens with one attached hydrogen (secondary N) is 3. The Labute approximate surface area is 107 Å². The van der Waals surface area contributed by atoms with Gasteiger partial charge in [-0.1, -0.05) is 20.8 Å². The molecule has 1 aromatic rings. The first-order valence-electron chi connectivity index (χ1n) is 6.05. The maximum atomic E-state index is 12.1. The highest BCUT2D eigenvalue weighted by atomic mass is 16.2. The van der Waals surface area contributed by atoms with Crippen molar-refractivity contribution in [1.29, 1.82) is 0 Å². The summed E-state index contributed by atoms with van der Waals surface area (Å²) in [6.07, 6.45) is 2.46. The van der Waals surface area contributed by atoms with Crippen molar-refractivity contribution in [2.24, 2.45) is 5.92 Å². The van der Waals surface area contributed by atoms with E-state index in [9.17, 15) is 9.59 Å². The monoisotopic (exact) mass is 252 g/mol. The van der Waals surface area contributed by atoms with Crippen LogP contribution < -0.4 is 10.6 Å². The lowest BCUT2D eigenvalue weighted by atomic mass is 10.0. The molecule has 1 atom stereocenters. The van der Waals surface area contributed by atoms with Crippen molar-refractivity contribution < 1.29 is 9.59 Å². The number of carbonyl (C=O) groups excluding carboxylic acids is 2. The van der Waals surface area contributed by atoms with Gasteiger partial charge in [-0.05, 0) is 12.3 Å². The van der Waals surface area contributed by atoms with E-state index < -0.39 is 6.04 Å². The SMILES string of the molecule is CCc1cn[nH]c1NC(=O)C(NC(C)=O)C(C)C. The molecular formula is C12H20N4O2. The molecule has 100 valence electrons. The minimum atomic E-state index is -0.546.